The van der Waals surface area contributed by atoms with Crippen molar-refractivity contribution in [3.63, 3.8) is 0 Å². The molecule has 1 heterocycles. The molecule has 1 aromatic heterocycles. The van der Waals surface area contributed by atoms with Gasteiger partial charge in [-0.05, 0) is 36.9 Å². The van der Waals surface area contributed by atoms with E-state index in [-0.39, 0.29) is 11.9 Å². The second kappa shape index (κ2) is 5.27. The number of fused-ring (bicyclic) bond motifs is 1. The second-order valence-corrected chi connectivity index (χ2v) is 4.98. The van der Waals surface area contributed by atoms with E-state index in [1.807, 2.05) is 31.3 Å². The van der Waals surface area contributed by atoms with Gasteiger partial charge in [-0.25, -0.2) is 4.39 Å². The number of nitrogens with one attached hydrogen (secondary N) is 1. The van der Waals surface area contributed by atoms with Gasteiger partial charge >= 0.3 is 0 Å². The molecule has 2 aromatic carbocycles. The van der Waals surface area contributed by atoms with Crippen LogP contribution in [-0.2, 0) is 0 Å². The Morgan fingerprint density at radius 1 is 1.15 bits per heavy atom. The number of benzene rings is 2. The monoisotopic (exact) mass is 289 g/mol. The molecule has 0 saturated carbocycles. The van der Waals surface area contributed by atoms with Crippen LogP contribution in [0.5, 0.6) is 0 Å². The maximum atomic E-state index is 13.5. The van der Waals surface area contributed by atoms with E-state index >= 15 is 0 Å². The molecule has 102 valence electrons. The molecule has 0 bridgehead atoms. The number of hydrogen-bond acceptors (Lipinski definition) is 2. The third-order valence-corrected chi connectivity index (χ3v) is 3.72. The minimum Gasteiger partial charge on any atom is -0.464 e. The number of hydrogen-bond donors (Lipinski definition) is 1. The smallest absolute Gasteiger partial charge is 0.134 e. The first-order valence-corrected chi connectivity index (χ1v) is 6.67. The van der Waals surface area contributed by atoms with Crippen LogP contribution in [-0.4, -0.2) is 7.05 Å². The summed E-state index contributed by atoms with van der Waals surface area (Å²) in [4.78, 5) is 0. The summed E-state index contributed by atoms with van der Waals surface area (Å²) in [6.07, 6.45) is 1.69. The van der Waals surface area contributed by atoms with E-state index < -0.39 is 0 Å². The molecular weight excluding hydrogens is 277 g/mol. The van der Waals surface area contributed by atoms with E-state index in [9.17, 15) is 4.39 Å². The van der Waals surface area contributed by atoms with Gasteiger partial charge in [0.2, 0.25) is 0 Å². The zero-order valence-electron chi connectivity index (χ0n) is 10.9. The predicted molar refractivity (Wildman–Crippen MR) is 78.5 cm³/mol. The molecule has 4 heteroatoms. The van der Waals surface area contributed by atoms with Crippen molar-refractivity contribution in [3.8, 4) is 0 Å². The fourth-order valence-corrected chi connectivity index (χ4v) is 2.66. The fraction of sp³-hybridized carbons (Fsp3) is 0.125. The molecule has 3 rings (SSSR count). The molecule has 0 saturated heterocycles. The fourth-order valence-electron chi connectivity index (χ4n) is 2.44. The van der Waals surface area contributed by atoms with Crippen molar-refractivity contribution in [1.82, 2.24) is 5.32 Å². The van der Waals surface area contributed by atoms with E-state index in [1.54, 1.807) is 12.3 Å². The Labute approximate surface area is 121 Å². The lowest BCUT2D eigenvalue weighted by Gasteiger charge is -2.17. The van der Waals surface area contributed by atoms with Crippen LogP contribution in [0, 0.1) is 5.82 Å². The highest BCUT2D eigenvalue weighted by Crippen LogP contribution is 2.33. The molecule has 0 radical (unpaired) electrons. The van der Waals surface area contributed by atoms with Crippen LogP contribution in [0.1, 0.15) is 17.2 Å². The molecule has 0 spiro atoms. The number of halogens is 2. The Bertz CT molecular complexity index is 753. The summed E-state index contributed by atoms with van der Waals surface area (Å²) < 4.78 is 19.0. The van der Waals surface area contributed by atoms with Crippen molar-refractivity contribution in [1.29, 1.82) is 0 Å². The van der Waals surface area contributed by atoms with Crippen molar-refractivity contribution in [2.24, 2.45) is 0 Å². The Hall–Kier alpha value is -1.84. The highest BCUT2D eigenvalue weighted by Gasteiger charge is 2.20. The van der Waals surface area contributed by atoms with E-state index in [2.05, 4.69) is 5.32 Å². The van der Waals surface area contributed by atoms with E-state index in [1.165, 1.54) is 12.1 Å². The molecule has 0 amide bonds. The Morgan fingerprint density at radius 2 is 1.95 bits per heavy atom. The van der Waals surface area contributed by atoms with Gasteiger partial charge in [-0.3, -0.25) is 0 Å². The predicted octanol–water partition coefficient (Wildman–Crippen LogP) is 4.53. The van der Waals surface area contributed by atoms with Crippen LogP contribution < -0.4 is 5.32 Å². The van der Waals surface area contributed by atoms with Crippen molar-refractivity contribution >= 4 is 22.6 Å². The average molecular weight is 290 g/mol. The molecule has 20 heavy (non-hydrogen) atoms. The first-order chi connectivity index (χ1) is 9.70. The zero-order valence-corrected chi connectivity index (χ0v) is 11.6. The van der Waals surface area contributed by atoms with Gasteiger partial charge in [-0.15, -0.1) is 0 Å². The molecule has 0 aliphatic carbocycles. The highest BCUT2D eigenvalue weighted by molar-refractivity contribution is 6.31. The third kappa shape index (κ3) is 2.19. The van der Waals surface area contributed by atoms with Gasteiger partial charge in [0.25, 0.3) is 0 Å². The lowest BCUT2D eigenvalue weighted by atomic mass is 9.98. The van der Waals surface area contributed by atoms with Crippen LogP contribution in [0.4, 0.5) is 4.39 Å². The third-order valence-electron chi connectivity index (χ3n) is 3.38. The minimum absolute atomic E-state index is 0.221. The maximum absolute atomic E-state index is 13.5. The lowest BCUT2D eigenvalue weighted by Crippen LogP contribution is -2.18. The molecular formula is C16H13ClFNO. The molecule has 3 aromatic rings. The highest BCUT2D eigenvalue weighted by atomic mass is 35.5. The summed E-state index contributed by atoms with van der Waals surface area (Å²) in [5.74, 6) is -0.308. The summed E-state index contributed by atoms with van der Waals surface area (Å²) in [6, 6.07) is 11.9. The van der Waals surface area contributed by atoms with Crippen LogP contribution in [0.15, 0.2) is 53.1 Å². The van der Waals surface area contributed by atoms with Crippen LogP contribution >= 0.6 is 11.6 Å². The number of furan rings is 1. The van der Waals surface area contributed by atoms with Crippen molar-refractivity contribution in [2.45, 2.75) is 6.04 Å². The van der Waals surface area contributed by atoms with Crippen molar-refractivity contribution < 1.29 is 8.81 Å². The van der Waals surface area contributed by atoms with Crippen molar-refractivity contribution in [3.05, 3.63) is 70.7 Å². The van der Waals surface area contributed by atoms with E-state index in [0.29, 0.717) is 10.6 Å². The van der Waals surface area contributed by atoms with Gasteiger partial charge in [-0.1, -0.05) is 29.8 Å². The zero-order chi connectivity index (χ0) is 14.1. The summed E-state index contributed by atoms with van der Waals surface area (Å²) in [5, 5.41) is 4.69. The molecule has 0 fully saturated rings. The van der Waals surface area contributed by atoms with Crippen molar-refractivity contribution in [2.75, 3.05) is 7.05 Å². The first-order valence-electron chi connectivity index (χ1n) is 6.29. The number of rotatable bonds is 3. The van der Waals surface area contributed by atoms with Gasteiger partial charge < -0.3 is 9.73 Å². The summed E-state index contributed by atoms with van der Waals surface area (Å²) >= 11 is 6.20. The van der Waals surface area contributed by atoms with Gasteiger partial charge in [-0.2, -0.15) is 0 Å². The quantitative estimate of drug-likeness (QED) is 0.766. The minimum atomic E-state index is -0.308. The topological polar surface area (TPSA) is 25.2 Å². The summed E-state index contributed by atoms with van der Waals surface area (Å²) in [7, 11) is 1.81. The van der Waals surface area contributed by atoms with Gasteiger partial charge in [0.1, 0.15) is 11.4 Å². The largest absolute Gasteiger partial charge is 0.464 e. The normalized spacial score (nSPS) is 12.8. The summed E-state index contributed by atoms with van der Waals surface area (Å²) in [5.41, 5.74) is 2.44. The van der Waals surface area contributed by atoms with E-state index in [4.69, 9.17) is 16.0 Å². The van der Waals surface area contributed by atoms with E-state index in [0.717, 1.165) is 16.5 Å². The van der Waals surface area contributed by atoms with Crippen LogP contribution in [0.25, 0.3) is 11.0 Å². The van der Waals surface area contributed by atoms with Crippen LogP contribution in [0.2, 0.25) is 5.02 Å². The lowest BCUT2D eigenvalue weighted by molar-refractivity contribution is 0.592. The number of para-hydroxylation sites is 1. The average Bonchev–Trinajstić information content (AvgIpc) is 2.88. The standard InChI is InChI=1S/C16H13ClFNO/c1-19-16(12-8-10(18)6-7-14(12)17)13-9-20-15-5-3-2-4-11(13)15/h2-9,16,19H,1H3. The second-order valence-electron chi connectivity index (χ2n) is 4.57. The van der Waals surface area contributed by atoms with Gasteiger partial charge in [0.05, 0.1) is 12.3 Å². The molecule has 1 atom stereocenters. The van der Waals surface area contributed by atoms with Crippen LogP contribution in [0.3, 0.4) is 0 Å². The molecule has 0 aliphatic rings. The van der Waals surface area contributed by atoms with Gasteiger partial charge in [0.15, 0.2) is 0 Å². The molecule has 1 unspecified atom stereocenters. The SMILES string of the molecule is CNC(c1cc(F)ccc1Cl)c1coc2ccccc12. The maximum Gasteiger partial charge on any atom is 0.134 e. The Morgan fingerprint density at radius 3 is 2.75 bits per heavy atom. The Kier molecular flexibility index (Phi) is 3.47. The molecule has 0 aliphatic heterocycles. The first kappa shape index (κ1) is 13.2. The summed E-state index contributed by atoms with van der Waals surface area (Å²) in [6.45, 7) is 0. The van der Waals surface area contributed by atoms with Gasteiger partial charge in [0, 0.05) is 16.0 Å². The molecule has 2 nitrogen and oxygen atoms in total. The Balaban J connectivity index is 2.16. The molecule has 1 N–H and O–H groups in total.